The molecule has 0 radical (unpaired) electrons. The molecule has 3 rings (SSSR count). The average molecular weight is 286 g/mol. The Morgan fingerprint density at radius 1 is 1.29 bits per heavy atom. The maximum atomic E-state index is 12.9. The number of carbonyl (C=O) groups excluding carboxylic acids is 1. The van der Waals surface area contributed by atoms with Crippen LogP contribution < -0.4 is 5.73 Å². The molecule has 1 fully saturated rings. The number of ether oxygens (including phenoxy) is 1. The van der Waals surface area contributed by atoms with Crippen LogP contribution >= 0.6 is 0 Å². The Hall–Kier alpha value is -1.81. The van der Waals surface area contributed by atoms with E-state index in [1.54, 1.807) is 7.11 Å². The standard InChI is InChI=1S/C17H22N2O2/c1-11-10-13-4-3-5-15(18)16(13)19(11)17(20)12-6-8-14(21-2)9-7-12/h3-5,10,12,14H,6-9,18H2,1-2H3. The molecule has 0 amide bonds. The van der Waals surface area contributed by atoms with Crippen molar-refractivity contribution in [2.45, 2.75) is 38.7 Å². The Labute approximate surface area is 124 Å². The number of aromatic nitrogens is 1. The van der Waals surface area contributed by atoms with Gasteiger partial charge in [-0.1, -0.05) is 12.1 Å². The van der Waals surface area contributed by atoms with Crippen LogP contribution in [0.3, 0.4) is 0 Å². The fourth-order valence-corrected chi connectivity index (χ4v) is 3.43. The molecule has 2 aromatic rings. The molecule has 1 heterocycles. The lowest BCUT2D eigenvalue weighted by atomic mass is 9.86. The van der Waals surface area contributed by atoms with Gasteiger partial charge in [0.2, 0.25) is 5.91 Å². The van der Waals surface area contributed by atoms with Gasteiger partial charge < -0.3 is 10.5 Å². The Balaban J connectivity index is 1.94. The number of fused-ring (bicyclic) bond motifs is 1. The normalized spacial score (nSPS) is 22.6. The first-order valence-corrected chi connectivity index (χ1v) is 7.55. The molecule has 1 aliphatic rings. The predicted molar refractivity (Wildman–Crippen MR) is 84.5 cm³/mol. The van der Waals surface area contributed by atoms with Crippen LogP contribution in [0.2, 0.25) is 0 Å². The number of para-hydroxylation sites is 1. The van der Waals surface area contributed by atoms with Gasteiger partial charge in [0.15, 0.2) is 0 Å². The molecule has 0 spiro atoms. The van der Waals surface area contributed by atoms with Gasteiger partial charge in [0.1, 0.15) is 0 Å². The maximum absolute atomic E-state index is 12.9. The molecular formula is C17H22N2O2. The molecule has 1 saturated carbocycles. The van der Waals surface area contributed by atoms with Gasteiger partial charge in [-0.25, -0.2) is 0 Å². The molecule has 1 aliphatic carbocycles. The van der Waals surface area contributed by atoms with Crippen molar-refractivity contribution in [2.24, 2.45) is 5.92 Å². The van der Waals surface area contributed by atoms with Crippen molar-refractivity contribution in [3.63, 3.8) is 0 Å². The van der Waals surface area contributed by atoms with Crippen LogP contribution in [-0.4, -0.2) is 23.7 Å². The summed E-state index contributed by atoms with van der Waals surface area (Å²) in [6.07, 6.45) is 4.01. The smallest absolute Gasteiger partial charge is 0.234 e. The van der Waals surface area contributed by atoms with Gasteiger partial charge in [0.25, 0.3) is 0 Å². The number of carbonyl (C=O) groups is 1. The number of nitrogen functional groups attached to an aromatic ring is 1. The third kappa shape index (κ3) is 2.44. The Morgan fingerprint density at radius 3 is 2.67 bits per heavy atom. The lowest BCUT2D eigenvalue weighted by Crippen LogP contribution is -2.29. The quantitative estimate of drug-likeness (QED) is 0.861. The number of nitrogens with two attached hydrogens (primary N) is 1. The lowest BCUT2D eigenvalue weighted by molar-refractivity contribution is 0.0484. The summed E-state index contributed by atoms with van der Waals surface area (Å²) in [5.41, 5.74) is 8.57. The minimum Gasteiger partial charge on any atom is -0.397 e. The summed E-state index contributed by atoms with van der Waals surface area (Å²) in [6.45, 7) is 1.97. The summed E-state index contributed by atoms with van der Waals surface area (Å²) in [6, 6.07) is 7.82. The third-order valence-corrected chi connectivity index (χ3v) is 4.62. The predicted octanol–water partition coefficient (Wildman–Crippen LogP) is 3.38. The van der Waals surface area contributed by atoms with Gasteiger partial charge in [0, 0.05) is 24.1 Å². The highest BCUT2D eigenvalue weighted by Gasteiger charge is 2.28. The molecule has 0 aliphatic heterocycles. The van der Waals surface area contributed by atoms with Crippen molar-refractivity contribution in [1.29, 1.82) is 0 Å². The minimum absolute atomic E-state index is 0.0744. The summed E-state index contributed by atoms with van der Waals surface area (Å²) >= 11 is 0. The number of benzene rings is 1. The maximum Gasteiger partial charge on any atom is 0.234 e. The number of hydrogen-bond donors (Lipinski definition) is 1. The van der Waals surface area contributed by atoms with Gasteiger partial charge in [-0.15, -0.1) is 0 Å². The van der Waals surface area contributed by atoms with E-state index in [0.29, 0.717) is 11.8 Å². The molecule has 0 bridgehead atoms. The zero-order valence-corrected chi connectivity index (χ0v) is 12.6. The SMILES string of the molecule is COC1CCC(C(=O)n2c(C)cc3cccc(N)c32)CC1. The summed E-state index contributed by atoms with van der Waals surface area (Å²) in [7, 11) is 1.75. The van der Waals surface area contributed by atoms with E-state index in [2.05, 4.69) is 0 Å². The topological polar surface area (TPSA) is 57.2 Å². The Bertz CT molecular complexity index is 667. The van der Waals surface area contributed by atoms with E-state index in [-0.39, 0.29) is 11.8 Å². The van der Waals surface area contributed by atoms with Crippen LogP contribution in [0.25, 0.3) is 10.9 Å². The number of anilines is 1. The second kappa shape index (κ2) is 5.53. The van der Waals surface area contributed by atoms with E-state index in [9.17, 15) is 4.79 Å². The summed E-state index contributed by atoms with van der Waals surface area (Å²) < 4.78 is 7.19. The summed E-state index contributed by atoms with van der Waals surface area (Å²) in [5.74, 6) is 0.250. The Kier molecular flexibility index (Phi) is 3.72. The first kappa shape index (κ1) is 14.1. The van der Waals surface area contributed by atoms with Gasteiger partial charge in [0.05, 0.1) is 17.3 Å². The number of methoxy groups -OCH3 is 1. The van der Waals surface area contributed by atoms with Crippen molar-refractivity contribution in [3.05, 3.63) is 30.0 Å². The van der Waals surface area contributed by atoms with Gasteiger partial charge in [-0.3, -0.25) is 9.36 Å². The van der Waals surface area contributed by atoms with Crippen LogP contribution in [0, 0.1) is 12.8 Å². The zero-order chi connectivity index (χ0) is 15.0. The average Bonchev–Trinajstić information content (AvgIpc) is 2.84. The largest absolute Gasteiger partial charge is 0.397 e. The Morgan fingerprint density at radius 2 is 2.00 bits per heavy atom. The summed E-state index contributed by atoms with van der Waals surface area (Å²) in [5, 5.41) is 1.03. The highest BCUT2D eigenvalue weighted by atomic mass is 16.5. The molecular weight excluding hydrogens is 264 g/mol. The van der Waals surface area contributed by atoms with Crippen molar-refractivity contribution >= 4 is 22.5 Å². The van der Waals surface area contributed by atoms with Crippen LogP contribution in [-0.2, 0) is 4.74 Å². The van der Waals surface area contributed by atoms with E-state index >= 15 is 0 Å². The fourth-order valence-electron chi connectivity index (χ4n) is 3.43. The van der Waals surface area contributed by atoms with Crippen molar-refractivity contribution in [3.8, 4) is 0 Å². The molecule has 1 aromatic heterocycles. The van der Waals surface area contributed by atoms with Crippen molar-refractivity contribution in [2.75, 3.05) is 12.8 Å². The van der Waals surface area contributed by atoms with Crippen molar-refractivity contribution in [1.82, 2.24) is 4.57 Å². The first-order valence-electron chi connectivity index (χ1n) is 7.55. The monoisotopic (exact) mass is 286 g/mol. The molecule has 4 heteroatoms. The van der Waals surface area contributed by atoms with E-state index < -0.39 is 0 Å². The number of rotatable bonds is 2. The molecule has 0 atom stereocenters. The van der Waals surface area contributed by atoms with Crippen LogP contribution in [0.1, 0.15) is 36.2 Å². The van der Waals surface area contributed by atoms with E-state index in [1.165, 1.54) is 0 Å². The van der Waals surface area contributed by atoms with E-state index in [4.69, 9.17) is 10.5 Å². The number of hydrogen-bond acceptors (Lipinski definition) is 3. The van der Waals surface area contributed by atoms with Crippen LogP contribution in [0.15, 0.2) is 24.3 Å². The van der Waals surface area contributed by atoms with E-state index in [0.717, 1.165) is 42.3 Å². The van der Waals surface area contributed by atoms with E-state index in [1.807, 2.05) is 35.8 Å². The summed E-state index contributed by atoms with van der Waals surface area (Å²) in [4.78, 5) is 12.9. The zero-order valence-electron chi connectivity index (χ0n) is 12.6. The van der Waals surface area contributed by atoms with Gasteiger partial charge in [-0.05, 0) is 44.7 Å². The molecule has 112 valence electrons. The minimum atomic E-state index is 0.0744. The molecule has 0 unspecified atom stereocenters. The van der Waals surface area contributed by atoms with Crippen LogP contribution in [0.5, 0.6) is 0 Å². The lowest BCUT2D eigenvalue weighted by Gasteiger charge is -2.27. The first-order chi connectivity index (χ1) is 10.1. The highest BCUT2D eigenvalue weighted by Crippen LogP contribution is 2.31. The third-order valence-electron chi connectivity index (χ3n) is 4.62. The molecule has 4 nitrogen and oxygen atoms in total. The molecule has 2 N–H and O–H groups in total. The molecule has 0 saturated heterocycles. The van der Waals surface area contributed by atoms with Gasteiger partial charge in [-0.2, -0.15) is 0 Å². The van der Waals surface area contributed by atoms with Crippen LogP contribution in [0.4, 0.5) is 5.69 Å². The molecule has 1 aromatic carbocycles. The second-order valence-corrected chi connectivity index (χ2v) is 5.95. The van der Waals surface area contributed by atoms with Gasteiger partial charge >= 0.3 is 0 Å². The number of nitrogens with zero attached hydrogens (tertiary/aromatic N) is 1. The second-order valence-electron chi connectivity index (χ2n) is 5.95. The highest BCUT2D eigenvalue weighted by molar-refractivity contribution is 6.00. The fraction of sp³-hybridized carbons (Fsp3) is 0.471. The number of aryl methyl sites for hydroxylation is 1. The molecule has 21 heavy (non-hydrogen) atoms. The van der Waals surface area contributed by atoms with Crippen molar-refractivity contribution < 1.29 is 9.53 Å².